The van der Waals surface area contributed by atoms with Crippen LogP contribution in [0.15, 0.2) is 54.6 Å². The van der Waals surface area contributed by atoms with Crippen LogP contribution in [0.2, 0.25) is 0 Å². The molecule has 0 amide bonds. The predicted octanol–water partition coefficient (Wildman–Crippen LogP) is 4.56. The van der Waals surface area contributed by atoms with E-state index in [0.717, 1.165) is 25.9 Å². The molecule has 0 unspecified atom stereocenters. The van der Waals surface area contributed by atoms with Gasteiger partial charge in [0.2, 0.25) is 0 Å². The number of hydrogen-bond donors (Lipinski definition) is 1. The third-order valence-corrected chi connectivity index (χ3v) is 6.49. The molecule has 1 N–H and O–H groups in total. The number of benzene rings is 2. The molecule has 1 saturated heterocycles. The highest BCUT2D eigenvalue weighted by atomic mass is 16.5. The quantitative estimate of drug-likeness (QED) is 0.699. The third kappa shape index (κ3) is 5.18. The molecule has 0 radical (unpaired) electrons. The molecule has 2 aromatic rings. The average Bonchev–Trinajstić information content (AvgIpc) is 2.73. The van der Waals surface area contributed by atoms with Crippen molar-refractivity contribution >= 4 is 5.97 Å². The average molecular weight is 396 g/mol. The maximum Gasteiger partial charge on any atom is 0.310 e. The summed E-state index contributed by atoms with van der Waals surface area (Å²) < 4.78 is 5.42. The molecule has 1 fully saturated rings. The SMILES string of the molecule is CCOC(=O)[C@@H](Cc1ccccc1)[C@@H](C)N1CCC(C)(c2cccc(O)c2)CC1. The zero-order valence-electron chi connectivity index (χ0n) is 17.8. The van der Waals surface area contributed by atoms with Gasteiger partial charge in [0.1, 0.15) is 5.75 Å². The van der Waals surface area contributed by atoms with Crippen molar-refractivity contribution in [3.05, 3.63) is 65.7 Å². The van der Waals surface area contributed by atoms with E-state index in [2.05, 4.69) is 36.9 Å². The number of aromatic hydroxyl groups is 1. The largest absolute Gasteiger partial charge is 0.508 e. The summed E-state index contributed by atoms with van der Waals surface area (Å²) in [5.41, 5.74) is 2.41. The third-order valence-electron chi connectivity index (χ3n) is 6.49. The van der Waals surface area contributed by atoms with Crippen LogP contribution >= 0.6 is 0 Å². The Balaban J connectivity index is 1.70. The van der Waals surface area contributed by atoms with E-state index in [1.807, 2.05) is 37.3 Å². The minimum absolute atomic E-state index is 0.0494. The lowest BCUT2D eigenvalue weighted by Crippen LogP contribution is -2.49. The summed E-state index contributed by atoms with van der Waals surface area (Å²) in [6.07, 6.45) is 2.70. The molecule has 0 spiro atoms. The summed E-state index contributed by atoms with van der Waals surface area (Å²) in [6.45, 7) is 8.56. The van der Waals surface area contributed by atoms with Gasteiger partial charge in [0.15, 0.2) is 0 Å². The van der Waals surface area contributed by atoms with Crippen molar-refractivity contribution in [2.45, 2.75) is 51.5 Å². The Morgan fingerprint density at radius 1 is 1.14 bits per heavy atom. The zero-order chi connectivity index (χ0) is 20.9. The fourth-order valence-corrected chi connectivity index (χ4v) is 4.42. The number of carbonyl (C=O) groups excluding carboxylic acids is 1. The van der Waals surface area contributed by atoms with E-state index in [-0.39, 0.29) is 23.3 Å². The maximum absolute atomic E-state index is 12.7. The number of hydrogen-bond acceptors (Lipinski definition) is 4. The number of piperidine rings is 1. The van der Waals surface area contributed by atoms with E-state index in [1.165, 1.54) is 11.1 Å². The first-order valence-corrected chi connectivity index (χ1v) is 10.7. The molecule has 0 bridgehead atoms. The van der Waals surface area contributed by atoms with Crippen LogP contribution in [0.25, 0.3) is 0 Å². The first-order valence-electron chi connectivity index (χ1n) is 10.7. The molecule has 2 aromatic carbocycles. The lowest BCUT2D eigenvalue weighted by molar-refractivity contribution is -0.150. The van der Waals surface area contributed by atoms with Crippen LogP contribution in [0.4, 0.5) is 0 Å². The second-order valence-corrected chi connectivity index (χ2v) is 8.44. The standard InChI is InChI=1S/C25H33NO3/c1-4-29-24(28)23(17-20-9-6-5-7-10-20)19(2)26-15-13-25(3,14-16-26)21-11-8-12-22(27)18-21/h5-12,18-19,23,27H,4,13-17H2,1-3H3/t19-,23+/m1/s1. The van der Waals surface area contributed by atoms with E-state index in [1.54, 1.807) is 6.07 Å². The van der Waals surface area contributed by atoms with Crippen LogP contribution in [0.1, 0.15) is 44.7 Å². The van der Waals surface area contributed by atoms with Gasteiger partial charge in [-0.2, -0.15) is 0 Å². The molecule has 4 nitrogen and oxygen atoms in total. The van der Waals surface area contributed by atoms with Gasteiger partial charge in [-0.15, -0.1) is 0 Å². The van der Waals surface area contributed by atoms with E-state index in [4.69, 9.17) is 4.74 Å². The Kier molecular flexibility index (Phi) is 6.96. The molecular weight excluding hydrogens is 362 g/mol. The van der Waals surface area contributed by atoms with Gasteiger partial charge in [-0.1, -0.05) is 49.4 Å². The second kappa shape index (κ2) is 9.45. The molecule has 29 heavy (non-hydrogen) atoms. The molecule has 1 heterocycles. The highest BCUT2D eigenvalue weighted by Gasteiger charge is 2.37. The van der Waals surface area contributed by atoms with Crippen molar-refractivity contribution in [1.29, 1.82) is 0 Å². The van der Waals surface area contributed by atoms with E-state index < -0.39 is 0 Å². The number of phenols is 1. The van der Waals surface area contributed by atoms with Crippen LogP contribution in [0.3, 0.4) is 0 Å². The number of nitrogens with zero attached hydrogens (tertiary/aromatic N) is 1. The Bertz CT molecular complexity index is 797. The normalized spacial score (nSPS) is 18.7. The number of phenolic OH excluding ortho intramolecular Hbond substituents is 1. The molecule has 1 aliphatic heterocycles. The van der Waals surface area contributed by atoms with Gasteiger partial charge in [0.05, 0.1) is 12.5 Å². The highest BCUT2D eigenvalue weighted by Crippen LogP contribution is 2.37. The number of rotatable bonds is 7. The molecule has 0 aliphatic carbocycles. The summed E-state index contributed by atoms with van der Waals surface area (Å²) in [6, 6.07) is 17.9. The van der Waals surface area contributed by atoms with E-state index in [9.17, 15) is 9.90 Å². The number of esters is 1. The molecule has 156 valence electrons. The molecular formula is C25H33NO3. The number of likely N-dealkylation sites (tertiary alicyclic amines) is 1. The van der Waals surface area contributed by atoms with E-state index >= 15 is 0 Å². The predicted molar refractivity (Wildman–Crippen MR) is 116 cm³/mol. The van der Waals surface area contributed by atoms with Gasteiger partial charge >= 0.3 is 5.97 Å². The Hall–Kier alpha value is -2.33. The van der Waals surface area contributed by atoms with Gasteiger partial charge in [-0.05, 0) is 74.9 Å². The fourth-order valence-electron chi connectivity index (χ4n) is 4.42. The highest BCUT2D eigenvalue weighted by molar-refractivity contribution is 5.73. The maximum atomic E-state index is 12.7. The van der Waals surface area contributed by atoms with Crippen molar-refractivity contribution in [2.24, 2.45) is 5.92 Å². The van der Waals surface area contributed by atoms with Crippen LogP contribution in [-0.4, -0.2) is 41.7 Å². The second-order valence-electron chi connectivity index (χ2n) is 8.44. The molecule has 1 aliphatic rings. The van der Waals surface area contributed by atoms with Crippen LogP contribution in [-0.2, 0) is 21.4 Å². The lowest BCUT2D eigenvalue weighted by atomic mass is 9.74. The summed E-state index contributed by atoms with van der Waals surface area (Å²) >= 11 is 0. The summed E-state index contributed by atoms with van der Waals surface area (Å²) in [7, 11) is 0. The Morgan fingerprint density at radius 3 is 2.45 bits per heavy atom. The van der Waals surface area contributed by atoms with Gasteiger partial charge < -0.3 is 9.84 Å². The first kappa shape index (κ1) is 21.4. The van der Waals surface area contributed by atoms with Crippen LogP contribution < -0.4 is 0 Å². The smallest absolute Gasteiger partial charge is 0.310 e. The van der Waals surface area contributed by atoms with Gasteiger partial charge in [0, 0.05) is 6.04 Å². The lowest BCUT2D eigenvalue weighted by Gasteiger charge is -2.43. The van der Waals surface area contributed by atoms with Gasteiger partial charge in [-0.3, -0.25) is 9.69 Å². The van der Waals surface area contributed by atoms with Crippen molar-refractivity contribution < 1.29 is 14.6 Å². The zero-order valence-corrected chi connectivity index (χ0v) is 17.8. The summed E-state index contributed by atoms with van der Waals surface area (Å²) in [5.74, 6) is 0.0393. The summed E-state index contributed by atoms with van der Waals surface area (Å²) in [5, 5.41) is 9.86. The van der Waals surface area contributed by atoms with Crippen molar-refractivity contribution in [1.82, 2.24) is 4.90 Å². The van der Waals surface area contributed by atoms with Crippen molar-refractivity contribution in [3.8, 4) is 5.75 Å². The minimum Gasteiger partial charge on any atom is -0.508 e. The Labute approximate surface area is 174 Å². The van der Waals surface area contributed by atoms with Gasteiger partial charge in [-0.25, -0.2) is 0 Å². The van der Waals surface area contributed by atoms with Crippen LogP contribution in [0, 0.1) is 5.92 Å². The van der Waals surface area contributed by atoms with Gasteiger partial charge in [0.25, 0.3) is 0 Å². The Morgan fingerprint density at radius 2 is 1.83 bits per heavy atom. The first-order chi connectivity index (χ1) is 13.9. The van der Waals surface area contributed by atoms with Crippen molar-refractivity contribution in [3.63, 3.8) is 0 Å². The number of ether oxygens (including phenoxy) is 1. The van der Waals surface area contributed by atoms with Crippen molar-refractivity contribution in [2.75, 3.05) is 19.7 Å². The topological polar surface area (TPSA) is 49.8 Å². The van der Waals surface area contributed by atoms with E-state index in [0.29, 0.717) is 18.8 Å². The number of carbonyl (C=O) groups is 1. The minimum atomic E-state index is -0.178. The molecule has 0 saturated carbocycles. The molecule has 4 heteroatoms. The fraction of sp³-hybridized carbons (Fsp3) is 0.480. The summed E-state index contributed by atoms with van der Waals surface area (Å²) in [4.78, 5) is 15.2. The molecule has 2 atom stereocenters. The molecule has 3 rings (SSSR count). The molecule has 0 aromatic heterocycles. The van der Waals surface area contributed by atoms with Crippen LogP contribution in [0.5, 0.6) is 5.75 Å². The monoisotopic (exact) mass is 395 g/mol.